The molecule has 4 nitrogen and oxygen atoms in total. The molecule has 0 aliphatic carbocycles. The minimum absolute atomic E-state index is 0.505. The van der Waals surface area contributed by atoms with E-state index < -0.39 is 0 Å². The van der Waals surface area contributed by atoms with Gasteiger partial charge in [-0.2, -0.15) is 0 Å². The molecular formula is C16H15N3O. The maximum Gasteiger partial charge on any atom is 0.253 e. The molecule has 0 atom stereocenters. The Morgan fingerprint density at radius 3 is 2.20 bits per heavy atom. The second-order valence-corrected chi connectivity index (χ2v) is 4.51. The van der Waals surface area contributed by atoms with Crippen LogP contribution in [0.5, 0.6) is 5.88 Å². The molecule has 0 bridgehead atoms. The van der Waals surface area contributed by atoms with E-state index in [9.17, 15) is 0 Å². The summed E-state index contributed by atoms with van der Waals surface area (Å²) in [4.78, 5) is 0. The minimum Gasteiger partial charge on any atom is -0.471 e. The van der Waals surface area contributed by atoms with Crippen LogP contribution in [-0.4, -0.2) is 15.0 Å². The van der Waals surface area contributed by atoms with E-state index in [0.717, 1.165) is 5.56 Å². The zero-order valence-electron chi connectivity index (χ0n) is 11.0. The summed E-state index contributed by atoms with van der Waals surface area (Å²) in [6, 6.07) is 20.2. The molecule has 3 aromatic rings. The van der Waals surface area contributed by atoms with E-state index in [4.69, 9.17) is 4.74 Å². The fraction of sp³-hybridized carbons (Fsp3) is 0.125. The van der Waals surface area contributed by atoms with E-state index in [2.05, 4.69) is 22.4 Å². The Kier molecular flexibility index (Phi) is 3.73. The number of ether oxygens (including phenoxy) is 1. The Bertz CT molecular complexity index is 650. The van der Waals surface area contributed by atoms with Gasteiger partial charge in [0.25, 0.3) is 5.88 Å². The lowest BCUT2D eigenvalue weighted by Gasteiger charge is -2.01. The van der Waals surface area contributed by atoms with Gasteiger partial charge < -0.3 is 4.74 Å². The molecule has 20 heavy (non-hydrogen) atoms. The molecular weight excluding hydrogens is 250 g/mol. The third-order valence-corrected chi connectivity index (χ3v) is 2.93. The fourth-order valence-electron chi connectivity index (χ4n) is 1.93. The number of hydrogen-bond acceptors (Lipinski definition) is 3. The molecule has 0 aliphatic rings. The summed E-state index contributed by atoms with van der Waals surface area (Å²) in [6.07, 6.45) is 1.82. The number of rotatable bonds is 5. The van der Waals surface area contributed by atoms with Crippen LogP contribution in [0.2, 0.25) is 0 Å². The molecule has 0 aliphatic heterocycles. The SMILES string of the molecule is c1ccc(COc2cn(Cc3ccccc3)nn2)cc1. The molecule has 0 saturated heterocycles. The quantitative estimate of drug-likeness (QED) is 0.712. The van der Waals surface area contributed by atoms with Crippen molar-refractivity contribution in [3.63, 3.8) is 0 Å². The number of benzene rings is 2. The molecule has 2 aromatic carbocycles. The molecule has 1 heterocycles. The third-order valence-electron chi connectivity index (χ3n) is 2.93. The average Bonchev–Trinajstić information content (AvgIpc) is 2.95. The van der Waals surface area contributed by atoms with Gasteiger partial charge in [-0.05, 0) is 11.1 Å². The van der Waals surface area contributed by atoms with Gasteiger partial charge in [-0.25, -0.2) is 4.68 Å². The van der Waals surface area contributed by atoms with Crippen molar-refractivity contribution in [2.24, 2.45) is 0 Å². The van der Waals surface area contributed by atoms with E-state index in [1.54, 1.807) is 4.68 Å². The smallest absolute Gasteiger partial charge is 0.253 e. The summed E-state index contributed by atoms with van der Waals surface area (Å²) in [6.45, 7) is 1.20. The lowest BCUT2D eigenvalue weighted by Crippen LogP contribution is -1.99. The Balaban J connectivity index is 1.60. The molecule has 4 heteroatoms. The van der Waals surface area contributed by atoms with Gasteiger partial charge in [0.1, 0.15) is 6.61 Å². The molecule has 0 amide bonds. The third kappa shape index (κ3) is 3.23. The van der Waals surface area contributed by atoms with Crippen molar-refractivity contribution >= 4 is 0 Å². The van der Waals surface area contributed by atoms with Crippen LogP contribution in [-0.2, 0) is 13.2 Å². The normalized spacial score (nSPS) is 10.4. The Hall–Kier alpha value is -2.62. The molecule has 100 valence electrons. The van der Waals surface area contributed by atoms with Gasteiger partial charge >= 0.3 is 0 Å². The summed E-state index contributed by atoms with van der Waals surface area (Å²) in [5.41, 5.74) is 2.30. The first-order valence-electron chi connectivity index (χ1n) is 6.51. The highest BCUT2D eigenvalue weighted by atomic mass is 16.5. The summed E-state index contributed by atoms with van der Waals surface area (Å²) >= 11 is 0. The van der Waals surface area contributed by atoms with Gasteiger partial charge in [0, 0.05) is 0 Å². The zero-order valence-corrected chi connectivity index (χ0v) is 11.0. The summed E-state index contributed by atoms with van der Waals surface area (Å²) < 4.78 is 7.39. The topological polar surface area (TPSA) is 39.9 Å². The van der Waals surface area contributed by atoms with Crippen LogP contribution in [0.4, 0.5) is 0 Å². The van der Waals surface area contributed by atoms with Gasteiger partial charge in [-0.3, -0.25) is 0 Å². The van der Waals surface area contributed by atoms with Crippen LogP contribution >= 0.6 is 0 Å². The van der Waals surface area contributed by atoms with Crippen LogP contribution in [0, 0.1) is 0 Å². The molecule has 0 unspecified atom stereocenters. The lowest BCUT2D eigenvalue weighted by atomic mass is 10.2. The van der Waals surface area contributed by atoms with Crippen LogP contribution in [0.15, 0.2) is 66.9 Å². The first-order valence-corrected chi connectivity index (χ1v) is 6.51. The Labute approximate surface area is 117 Å². The highest BCUT2D eigenvalue weighted by molar-refractivity contribution is 5.16. The van der Waals surface area contributed by atoms with Crippen LogP contribution < -0.4 is 4.74 Å². The first kappa shape index (κ1) is 12.4. The van der Waals surface area contributed by atoms with E-state index in [0.29, 0.717) is 19.0 Å². The molecule has 0 fully saturated rings. The van der Waals surface area contributed by atoms with E-state index in [-0.39, 0.29) is 0 Å². The standard InChI is InChI=1S/C16H15N3O/c1-3-7-14(8-4-1)11-19-12-16(17-18-19)20-13-15-9-5-2-6-10-15/h1-10,12H,11,13H2. The molecule has 0 radical (unpaired) electrons. The van der Waals surface area contributed by atoms with Gasteiger partial charge in [0.05, 0.1) is 12.7 Å². The predicted octanol–water partition coefficient (Wildman–Crippen LogP) is 2.91. The number of aromatic nitrogens is 3. The second kappa shape index (κ2) is 6.02. The van der Waals surface area contributed by atoms with Crippen molar-refractivity contribution in [3.05, 3.63) is 78.0 Å². The monoisotopic (exact) mass is 265 g/mol. The zero-order chi connectivity index (χ0) is 13.6. The highest BCUT2D eigenvalue weighted by Crippen LogP contribution is 2.09. The molecule has 0 N–H and O–H groups in total. The van der Waals surface area contributed by atoms with Gasteiger partial charge in [0.15, 0.2) is 0 Å². The van der Waals surface area contributed by atoms with Gasteiger partial charge in [-0.15, -0.1) is 0 Å². The van der Waals surface area contributed by atoms with Crippen molar-refractivity contribution in [2.75, 3.05) is 0 Å². The van der Waals surface area contributed by atoms with Crippen molar-refractivity contribution in [3.8, 4) is 5.88 Å². The maximum atomic E-state index is 5.62. The molecule has 1 aromatic heterocycles. The van der Waals surface area contributed by atoms with Crippen molar-refractivity contribution < 1.29 is 4.74 Å². The highest BCUT2D eigenvalue weighted by Gasteiger charge is 2.02. The van der Waals surface area contributed by atoms with E-state index in [1.165, 1.54) is 5.56 Å². The first-order chi connectivity index (χ1) is 9.90. The van der Waals surface area contributed by atoms with Gasteiger partial charge in [0.2, 0.25) is 0 Å². The van der Waals surface area contributed by atoms with Crippen molar-refractivity contribution in [2.45, 2.75) is 13.2 Å². The fourth-order valence-corrected chi connectivity index (χ4v) is 1.93. The summed E-state index contributed by atoms with van der Waals surface area (Å²) in [5, 5.41) is 8.08. The second-order valence-electron chi connectivity index (χ2n) is 4.51. The maximum absolute atomic E-state index is 5.62. The number of hydrogen-bond donors (Lipinski definition) is 0. The number of nitrogens with zero attached hydrogens (tertiary/aromatic N) is 3. The summed E-state index contributed by atoms with van der Waals surface area (Å²) in [7, 11) is 0. The molecule has 3 rings (SSSR count). The van der Waals surface area contributed by atoms with Crippen LogP contribution in [0.1, 0.15) is 11.1 Å². The van der Waals surface area contributed by atoms with Crippen molar-refractivity contribution in [1.82, 2.24) is 15.0 Å². The van der Waals surface area contributed by atoms with E-state index in [1.807, 2.05) is 54.7 Å². The molecule has 0 saturated carbocycles. The largest absolute Gasteiger partial charge is 0.471 e. The van der Waals surface area contributed by atoms with Crippen LogP contribution in [0.25, 0.3) is 0 Å². The van der Waals surface area contributed by atoms with Crippen molar-refractivity contribution in [1.29, 1.82) is 0 Å². The average molecular weight is 265 g/mol. The van der Waals surface area contributed by atoms with E-state index >= 15 is 0 Å². The summed E-state index contributed by atoms with van der Waals surface area (Å²) in [5.74, 6) is 0.546. The Morgan fingerprint density at radius 2 is 1.50 bits per heavy atom. The predicted molar refractivity (Wildman–Crippen MR) is 76.3 cm³/mol. The molecule has 0 spiro atoms. The Morgan fingerprint density at radius 1 is 0.850 bits per heavy atom. The minimum atomic E-state index is 0.505. The van der Waals surface area contributed by atoms with Gasteiger partial charge in [-0.1, -0.05) is 71.0 Å². The van der Waals surface area contributed by atoms with Crippen LogP contribution in [0.3, 0.4) is 0 Å². The lowest BCUT2D eigenvalue weighted by molar-refractivity contribution is 0.293.